The number of aryl methyl sites for hydroxylation is 1. The lowest BCUT2D eigenvalue weighted by Crippen LogP contribution is -2.43. The number of carbonyl (C=O) groups is 1. The van der Waals surface area contributed by atoms with Crippen molar-refractivity contribution in [3.63, 3.8) is 0 Å². The Labute approximate surface area is 165 Å². The van der Waals surface area contributed by atoms with E-state index < -0.39 is 16.0 Å². The highest BCUT2D eigenvalue weighted by molar-refractivity contribution is 7.89. The van der Waals surface area contributed by atoms with Crippen LogP contribution in [0.15, 0.2) is 17.0 Å². The summed E-state index contributed by atoms with van der Waals surface area (Å²) in [5.41, 5.74) is 0.576. The smallest absolute Gasteiger partial charge is 0.317 e. The molecular formula is C16H24Cl2N2O5S. The zero-order valence-electron chi connectivity index (χ0n) is 14.7. The molecule has 2 rings (SSSR count). The van der Waals surface area contributed by atoms with Gasteiger partial charge in [0.2, 0.25) is 10.0 Å². The van der Waals surface area contributed by atoms with Crippen LogP contribution in [0.25, 0.3) is 0 Å². The molecule has 1 heterocycles. The Morgan fingerprint density at radius 2 is 2.15 bits per heavy atom. The lowest BCUT2D eigenvalue weighted by Gasteiger charge is -2.32. The molecule has 0 saturated carbocycles. The maximum Gasteiger partial charge on any atom is 0.317 e. The van der Waals surface area contributed by atoms with Crippen LogP contribution in [-0.2, 0) is 14.8 Å². The van der Waals surface area contributed by atoms with Crippen molar-refractivity contribution >= 4 is 40.0 Å². The van der Waals surface area contributed by atoms with Crippen LogP contribution in [0.3, 0.4) is 0 Å². The van der Waals surface area contributed by atoms with Gasteiger partial charge in [-0.3, -0.25) is 4.79 Å². The number of carboxylic acids is 1. The van der Waals surface area contributed by atoms with E-state index in [-0.39, 0.29) is 34.8 Å². The van der Waals surface area contributed by atoms with Gasteiger partial charge in [0.25, 0.3) is 0 Å². The maximum atomic E-state index is 13.0. The van der Waals surface area contributed by atoms with Gasteiger partial charge in [-0.2, -0.15) is 4.31 Å². The Balaban J connectivity index is 0.00000338. The summed E-state index contributed by atoms with van der Waals surface area (Å²) < 4.78 is 32.6. The molecule has 1 aromatic rings. The molecular weight excluding hydrogens is 403 g/mol. The van der Waals surface area contributed by atoms with Gasteiger partial charge in [0.1, 0.15) is 5.75 Å². The van der Waals surface area contributed by atoms with E-state index in [9.17, 15) is 13.2 Å². The van der Waals surface area contributed by atoms with Crippen LogP contribution in [0.1, 0.15) is 18.4 Å². The molecule has 7 nitrogen and oxygen atoms in total. The summed E-state index contributed by atoms with van der Waals surface area (Å²) >= 11 is 6.10. The molecule has 2 N–H and O–H groups in total. The summed E-state index contributed by atoms with van der Waals surface area (Å²) in [7, 11) is -2.18. The van der Waals surface area contributed by atoms with Gasteiger partial charge in [-0.05, 0) is 49.9 Å². The number of methoxy groups -OCH3 is 1. The van der Waals surface area contributed by atoms with Gasteiger partial charge in [-0.25, -0.2) is 8.42 Å². The van der Waals surface area contributed by atoms with Crippen LogP contribution in [-0.4, -0.2) is 57.1 Å². The molecule has 148 valence electrons. The number of hydrogen-bond donors (Lipinski definition) is 2. The van der Waals surface area contributed by atoms with Crippen LogP contribution in [0.2, 0.25) is 5.02 Å². The van der Waals surface area contributed by atoms with E-state index in [1.807, 2.05) is 0 Å². The first kappa shape index (κ1) is 23.0. The van der Waals surface area contributed by atoms with Crippen LogP contribution >= 0.6 is 24.0 Å². The maximum absolute atomic E-state index is 13.0. The molecule has 1 aromatic carbocycles. The number of aliphatic carboxylic acids is 1. The predicted molar refractivity (Wildman–Crippen MR) is 102 cm³/mol. The topological polar surface area (TPSA) is 95.9 Å². The third-order valence-electron chi connectivity index (χ3n) is 4.26. The summed E-state index contributed by atoms with van der Waals surface area (Å²) in [5, 5.41) is 11.8. The number of halogens is 2. The van der Waals surface area contributed by atoms with Crippen molar-refractivity contribution in [1.82, 2.24) is 9.62 Å². The molecule has 0 aromatic heterocycles. The van der Waals surface area contributed by atoms with Crippen LogP contribution in [0.4, 0.5) is 0 Å². The monoisotopic (exact) mass is 426 g/mol. The fourth-order valence-electron chi connectivity index (χ4n) is 3.01. The molecule has 0 amide bonds. The van der Waals surface area contributed by atoms with Crippen molar-refractivity contribution in [2.24, 2.45) is 5.92 Å². The van der Waals surface area contributed by atoms with E-state index in [4.69, 9.17) is 21.4 Å². The number of carboxylic acid groups (broad SMARTS) is 1. The van der Waals surface area contributed by atoms with Gasteiger partial charge in [0, 0.05) is 13.1 Å². The van der Waals surface area contributed by atoms with Crippen LogP contribution < -0.4 is 10.1 Å². The highest BCUT2D eigenvalue weighted by Gasteiger charge is 2.31. The molecule has 1 saturated heterocycles. The fraction of sp³-hybridized carbons (Fsp3) is 0.562. The summed E-state index contributed by atoms with van der Waals surface area (Å²) in [6, 6.07) is 3.04. The van der Waals surface area contributed by atoms with Crippen molar-refractivity contribution in [3.8, 4) is 5.75 Å². The van der Waals surface area contributed by atoms with Gasteiger partial charge >= 0.3 is 5.97 Å². The molecule has 0 spiro atoms. The van der Waals surface area contributed by atoms with Crippen molar-refractivity contribution in [1.29, 1.82) is 0 Å². The lowest BCUT2D eigenvalue weighted by atomic mass is 10.00. The number of hydrogen-bond acceptors (Lipinski definition) is 5. The molecule has 1 aliphatic rings. The van der Waals surface area contributed by atoms with E-state index >= 15 is 0 Å². The molecule has 0 radical (unpaired) electrons. The summed E-state index contributed by atoms with van der Waals surface area (Å²) in [4.78, 5) is 10.8. The number of nitrogens with zero attached hydrogens (tertiary/aromatic N) is 1. The molecule has 1 atom stereocenters. The predicted octanol–water partition coefficient (Wildman–Crippen LogP) is 2.15. The Bertz CT molecular complexity index is 742. The van der Waals surface area contributed by atoms with Gasteiger partial charge in [-0.1, -0.05) is 11.6 Å². The zero-order chi connectivity index (χ0) is 18.6. The number of ether oxygens (including phenoxy) is 1. The first-order valence-corrected chi connectivity index (χ1v) is 9.84. The van der Waals surface area contributed by atoms with E-state index in [1.165, 1.54) is 17.5 Å². The number of benzene rings is 1. The quantitative estimate of drug-likeness (QED) is 0.693. The average molecular weight is 427 g/mol. The Hall–Kier alpha value is -1.06. The Morgan fingerprint density at radius 1 is 1.46 bits per heavy atom. The van der Waals surface area contributed by atoms with E-state index in [2.05, 4.69) is 5.32 Å². The second-order valence-corrected chi connectivity index (χ2v) is 8.46. The Kier molecular flexibility index (Phi) is 8.62. The summed E-state index contributed by atoms with van der Waals surface area (Å²) in [6.07, 6.45) is 1.60. The molecule has 0 bridgehead atoms. The number of nitrogens with one attached hydrogen (secondary N) is 1. The molecule has 26 heavy (non-hydrogen) atoms. The minimum absolute atomic E-state index is 0. The zero-order valence-corrected chi connectivity index (χ0v) is 17.1. The lowest BCUT2D eigenvalue weighted by molar-refractivity contribution is -0.136. The van der Waals surface area contributed by atoms with Crippen molar-refractivity contribution < 1.29 is 23.1 Å². The first-order valence-electron chi connectivity index (χ1n) is 8.02. The standard InChI is InChI=1S/C16H23ClN2O5S.ClH/c1-11-6-14(24-2)13(17)7-15(11)25(22,23)19-5-3-4-12(10-19)8-18-9-16(20)21;/h6-7,12,18H,3-5,8-10H2,1-2H3,(H,20,21);1H. The van der Waals surface area contributed by atoms with Crippen LogP contribution in [0, 0.1) is 12.8 Å². The second kappa shape index (κ2) is 9.75. The van der Waals surface area contributed by atoms with Gasteiger partial charge in [-0.15, -0.1) is 12.4 Å². The van der Waals surface area contributed by atoms with Crippen molar-refractivity contribution in [2.45, 2.75) is 24.7 Å². The first-order chi connectivity index (χ1) is 11.8. The SMILES string of the molecule is COc1cc(C)c(S(=O)(=O)N2CCCC(CNCC(=O)O)C2)cc1Cl.Cl. The Morgan fingerprint density at radius 3 is 2.77 bits per heavy atom. The minimum Gasteiger partial charge on any atom is -0.495 e. The third kappa shape index (κ3) is 5.47. The van der Waals surface area contributed by atoms with Gasteiger partial charge < -0.3 is 15.2 Å². The minimum atomic E-state index is -3.67. The van der Waals surface area contributed by atoms with Crippen molar-refractivity contribution in [3.05, 3.63) is 22.7 Å². The highest BCUT2D eigenvalue weighted by atomic mass is 35.5. The highest BCUT2D eigenvalue weighted by Crippen LogP contribution is 2.32. The second-order valence-electron chi connectivity index (χ2n) is 6.15. The number of sulfonamides is 1. The number of rotatable bonds is 7. The largest absolute Gasteiger partial charge is 0.495 e. The van der Waals surface area contributed by atoms with E-state index in [0.717, 1.165) is 12.8 Å². The number of piperidine rings is 1. The average Bonchev–Trinajstić information content (AvgIpc) is 2.56. The fourth-order valence-corrected chi connectivity index (χ4v) is 5.10. The van der Waals surface area contributed by atoms with E-state index in [0.29, 0.717) is 30.9 Å². The van der Waals surface area contributed by atoms with E-state index in [1.54, 1.807) is 13.0 Å². The summed E-state index contributed by atoms with van der Waals surface area (Å²) in [6.45, 7) is 2.86. The summed E-state index contributed by atoms with van der Waals surface area (Å²) in [5.74, 6) is -0.409. The third-order valence-corrected chi connectivity index (χ3v) is 6.56. The molecule has 1 fully saturated rings. The van der Waals surface area contributed by atoms with Gasteiger partial charge in [0.05, 0.1) is 23.6 Å². The van der Waals surface area contributed by atoms with Crippen molar-refractivity contribution in [2.75, 3.05) is 33.3 Å². The molecule has 1 unspecified atom stereocenters. The normalized spacial score (nSPS) is 18.2. The molecule has 0 aliphatic carbocycles. The van der Waals surface area contributed by atoms with Crippen LogP contribution in [0.5, 0.6) is 5.75 Å². The molecule has 1 aliphatic heterocycles. The van der Waals surface area contributed by atoms with Gasteiger partial charge in [0.15, 0.2) is 0 Å². The molecule has 10 heteroatoms.